The van der Waals surface area contributed by atoms with Crippen molar-refractivity contribution in [2.45, 2.75) is 6.04 Å². The molecule has 0 fully saturated rings. The highest BCUT2D eigenvalue weighted by atomic mass is 32.1. The number of ether oxygens (including phenoxy) is 1. The molecular formula is C16H20N2O3S. The van der Waals surface area contributed by atoms with Gasteiger partial charge in [-0.1, -0.05) is 18.2 Å². The van der Waals surface area contributed by atoms with Gasteiger partial charge >= 0.3 is 0 Å². The minimum atomic E-state index is -0.216. The van der Waals surface area contributed by atoms with E-state index in [-0.39, 0.29) is 24.3 Å². The van der Waals surface area contributed by atoms with Gasteiger partial charge in [0.25, 0.3) is 5.91 Å². The molecule has 0 aliphatic rings. The lowest BCUT2D eigenvalue weighted by molar-refractivity contribution is -0.123. The van der Waals surface area contributed by atoms with E-state index in [1.165, 1.54) is 10.9 Å². The van der Waals surface area contributed by atoms with Crippen LogP contribution in [0.1, 0.15) is 10.9 Å². The van der Waals surface area contributed by atoms with E-state index in [1.54, 1.807) is 29.5 Å². The Labute approximate surface area is 134 Å². The quantitative estimate of drug-likeness (QED) is 0.821. The summed E-state index contributed by atoms with van der Waals surface area (Å²) in [6, 6.07) is 10.8. The molecule has 0 aliphatic carbocycles. The average molecular weight is 320 g/mol. The number of rotatable bonds is 7. The number of phenols is 1. The van der Waals surface area contributed by atoms with Gasteiger partial charge in [0.1, 0.15) is 0 Å². The molecule has 0 spiro atoms. The first-order valence-electron chi connectivity index (χ1n) is 6.95. The summed E-state index contributed by atoms with van der Waals surface area (Å²) in [5, 5.41) is 14.5. The van der Waals surface area contributed by atoms with Crippen LogP contribution >= 0.6 is 11.3 Å². The van der Waals surface area contributed by atoms with Crippen LogP contribution in [-0.2, 0) is 4.79 Å². The molecule has 5 nitrogen and oxygen atoms in total. The number of phenolic OH excluding ortho intramolecular Hbond substituents is 1. The fraction of sp³-hybridized carbons (Fsp3) is 0.312. The zero-order valence-corrected chi connectivity index (χ0v) is 13.5. The molecular weight excluding hydrogens is 300 g/mol. The Kier molecular flexibility index (Phi) is 5.80. The first kappa shape index (κ1) is 16.3. The van der Waals surface area contributed by atoms with Gasteiger partial charge in [0, 0.05) is 11.4 Å². The summed E-state index contributed by atoms with van der Waals surface area (Å²) in [6.07, 6.45) is 0. The SMILES string of the molecule is CN(C)C(CNC(=O)COc1ccccc1O)c1cccs1. The van der Waals surface area contributed by atoms with Crippen molar-refractivity contribution in [3.05, 3.63) is 46.7 Å². The lowest BCUT2D eigenvalue weighted by Gasteiger charge is -2.23. The number of thiophene rings is 1. The first-order valence-corrected chi connectivity index (χ1v) is 7.83. The number of benzene rings is 1. The van der Waals surface area contributed by atoms with Gasteiger partial charge in [-0.25, -0.2) is 0 Å². The molecule has 2 rings (SSSR count). The maximum Gasteiger partial charge on any atom is 0.258 e. The smallest absolute Gasteiger partial charge is 0.258 e. The summed E-state index contributed by atoms with van der Waals surface area (Å²) in [5.41, 5.74) is 0. The fourth-order valence-electron chi connectivity index (χ4n) is 2.00. The third kappa shape index (κ3) is 4.47. The van der Waals surface area contributed by atoms with Crippen molar-refractivity contribution in [1.29, 1.82) is 0 Å². The second-order valence-corrected chi connectivity index (χ2v) is 6.03. The highest BCUT2D eigenvalue weighted by Crippen LogP contribution is 2.24. The van der Waals surface area contributed by atoms with Crippen molar-refractivity contribution < 1.29 is 14.6 Å². The molecule has 1 aromatic heterocycles. The molecule has 2 N–H and O–H groups in total. The van der Waals surface area contributed by atoms with E-state index in [1.807, 2.05) is 25.5 Å². The summed E-state index contributed by atoms with van der Waals surface area (Å²) in [7, 11) is 3.96. The highest BCUT2D eigenvalue weighted by molar-refractivity contribution is 7.10. The molecule has 1 unspecified atom stereocenters. The van der Waals surface area contributed by atoms with Gasteiger partial charge in [-0.2, -0.15) is 0 Å². The standard InChI is InChI=1S/C16H20N2O3S/c1-18(2)12(15-8-5-9-22-15)10-17-16(20)11-21-14-7-4-3-6-13(14)19/h3-9,12,19H,10-11H2,1-2H3,(H,17,20). The number of hydrogen-bond donors (Lipinski definition) is 2. The Balaban J connectivity index is 1.83. The summed E-state index contributed by atoms with van der Waals surface area (Å²) in [5.74, 6) is 0.117. The number of para-hydroxylation sites is 2. The van der Waals surface area contributed by atoms with E-state index in [2.05, 4.69) is 16.3 Å². The minimum absolute atomic E-state index is 0.0278. The van der Waals surface area contributed by atoms with Gasteiger partial charge < -0.3 is 20.1 Å². The van der Waals surface area contributed by atoms with Crippen molar-refractivity contribution in [2.75, 3.05) is 27.2 Å². The highest BCUT2D eigenvalue weighted by Gasteiger charge is 2.16. The van der Waals surface area contributed by atoms with Crippen molar-refractivity contribution in [2.24, 2.45) is 0 Å². The van der Waals surface area contributed by atoms with Crippen LogP contribution in [0.15, 0.2) is 41.8 Å². The van der Waals surface area contributed by atoms with Crippen LogP contribution in [0.3, 0.4) is 0 Å². The summed E-state index contributed by atoms with van der Waals surface area (Å²) < 4.78 is 5.31. The fourth-order valence-corrected chi connectivity index (χ4v) is 2.93. The Morgan fingerprint density at radius 1 is 1.32 bits per heavy atom. The number of nitrogens with zero attached hydrogens (tertiary/aromatic N) is 1. The molecule has 1 atom stereocenters. The maximum atomic E-state index is 11.9. The summed E-state index contributed by atoms with van der Waals surface area (Å²) >= 11 is 1.67. The van der Waals surface area contributed by atoms with Crippen LogP contribution < -0.4 is 10.1 Å². The molecule has 0 saturated carbocycles. The minimum Gasteiger partial charge on any atom is -0.504 e. The lowest BCUT2D eigenvalue weighted by atomic mass is 10.2. The third-order valence-corrected chi connectivity index (χ3v) is 4.19. The van der Waals surface area contributed by atoms with Gasteiger partial charge in [-0.05, 0) is 37.7 Å². The Hall–Kier alpha value is -2.05. The van der Waals surface area contributed by atoms with Crippen LogP contribution in [0.25, 0.3) is 0 Å². The monoisotopic (exact) mass is 320 g/mol. The van der Waals surface area contributed by atoms with E-state index in [9.17, 15) is 9.90 Å². The third-order valence-electron chi connectivity index (χ3n) is 3.21. The molecule has 0 aliphatic heterocycles. The molecule has 0 radical (unpaired) electrons. The number of likely N-dealkylation sites (N-methyl/N-ethyl adjacent to an activating group) is 1. The molecule has 1 aromatic carbocycles. The van der Waals surface area contributed by atoms with E-state index in [0.717, 1.165) is 0 Å². The van der Waals surface area contributed by atoms with E-state index < -0.39 is 0 Å². The second kappa shape index (κ2) is 7.82. The van der Waals surface area contributed by atoms with Gasteiger partial charge in [0.15, 0.2) is 18.1 Å². The predicted octanol–water partition coefficient (Wildman–Crippen LogP) is 2.25. The zero-order valence-electron chi connectivity index (χ0n) is 12.7. The molecule has 6 heteroatoms. The molecule has 0 bridgehead atoms. The molecule has 1 amide bonds. The average Bonchev–Trinajstić information content (AvgIpc) is 3.00. The van der Waals surface area contributed by atoms with Gasteiger partial charge in [0.2, 0.25) is 0 Å². The normalized spacial score (nSPS) is 12.1. The van der Waals surface area contributed by atoms with Crippen molar-refractivity contribution in [3.63, 3.8) is 0 Å². The number of nitrogens with one attached hydrogen (secondary N) is 1. The number of carbonyl (C=O) groups is 1. The second-order valence-electron chi connectivity index (χ2n) is 5.06. The predicted molar refractivity (Wildman–Crippen MR) is 87.4 cm³/mol. The summed E-state index contributed by atoms with van der Waals surface area (Å²) in [4.78, 5) is 15.2. The van der Waals surface area contributed by atoms with Crippen LogP contribution in [0.2, 0.25) is 0 Å². The van der Waals surface area contributed by atoms with Crippen LogP contribution in [0.4, 0.5) is 0 Å². The first-order chi connectivity index (χ1) is 10.6. The number of hydrogen-bond acceptors (Lipinski definition) is 5. The van der Waals surface area contributed by atoms with Crippen LogP contribution in [0, 0.1) is 0 Å². The molecule has 2 aromatic rings. The Morgan fingerprint density at radius 3 is 2.73 bits per heavy atom. The zero-order chi connectivity index (χ0) is 15.9. The van der Waals surface area contributed by atoms with Gasteiger partial charge in [-0.15, -0.1) is 11.3 Å². The Bertz CT molecular complexity index is 599. The molecule has 118 valence electrons. The van der Waals surface area contributed by atoms with Crippen molar-refractivity contribution >= 4 is 17.2 Å². The van der Waals surface area contributed by atoms with Crippen molar-refractivity contribution in [1.82, 2.24) is 10.2 Å². The number of aromatic hydroxyl groups is 1. The van der Waals surface area contributed by atoms with E-state index >= 15 is 0 Å². The van der Waals surface area contributed by atoms with Gasteiger partial charge in [-0.3, -0.25) is 4.79 Å². The molecule has 22 heavy (non-hydrogen) atoms. The van der Waals surface area contributed by atoms with E-state index in [0.29, 0.717) is 12.3 Å². The number of amides is 1. The van der Waals surface area contributed by atoms with Crippen LogP contribution in [-0.4, -0.2) is 43.2 Å². The number of carbonyl (C=O) groups excluding carboxylic acids is 1. The van der Waals surface area contributed by atoms with Gasteiger partial charge in [0.05, 0.1) is 6.04 Å². The Morgan fingerprint density at radius 2 is 2.09 bits per heavy atom. The molecule has 1 heterocycles. The lowest BCUT2D eigenvalue weighted by Crippen LogP contribution is -2.36. The molecule has 0 saturated heterocycles. The van der Waals surface area contributed by atoms with E-state index in [4.69, 9.17) is 4.74 Å². The topological polar surface area (TPSA) is 61.8 Å². The van der Waals surface area contributed by atoms with Crippen LogP contribution in [0.5, 0.6) is 11.5 Å². The van der Waals surface area contributed by atoms with Crippen molar-refractivity contribution in [3.8, 4) is 11.5 Å². The summed E-state index contributed by atoms with van der Waals surface area (Å²) in [6.45, 7) is 0.388. The largest absolute Gasteiger partial charge is 0.504 e. The maximum absolute atomic E-state index is 11.9.